The van der Waals surface area contributed by atoms with Crippen LogP contribution < -0.4 is 10.6 Å². The number of aromatic nitrogens is 2. The molecule has 1 saturated heterocycles. The third-order valence-corrected chi connectivity index (χ3v) is 4.88. The van der Waals surface area contributed by atoms with Crippen molar-refractivity contribution in [3.8, 4) is 0 Å². The zero-order chi connectivity index (χ0) is 18.2. The number of aryl methyl sites for hydroxylation is 1. The Morgan fingerprint density at radius 3 is 2.78 bits per heavy atom. The normalized spacial score (nSPS) is 15.6. The zero-order valence-electron chi connectivity index (χ0n) is 16.6. The predicted octanol–water partition coefficient (Wildman–Crippen LogP) is 2.84. The second-order valence-electron chi connectivity index (χ2n) is 6.99. The average Bonchev–Trinajstić information content (AvgIpc) is 3.07. The number of hydrogen-bond acceptors (Lipinski definition) is 3. The summed E-state index contributed by atoms with van der Waals surface area (Å²) in [6.45, 7) is 10.3. The molecule has 2 aromatic rings. The second-order valence-corrected chi connectivity index (χ2v) is 6.99. The molecule has 0 aromatic carbocycles. The van der Waals surface area contributed by atoms with Crippen LogP contribution in [0.5, 0.6) is 0 Å². The van der Waals surface area contributed by atoms with E-state index in [4.69, 9.17) is 9.98 Å². The number of aliphatic imine (C=N–C) groups is 1. The lowest BCUT2D eigenvalue weighted by Gasteiger charge is -2.25. The fraction of sp³-hybridized carbons (Fsp3) is 0.600. The Kier molecular flexibility index (Phi) is 9.33. The Bertz CT molecular complexity index is 720. The van der Waals surface area contributed by atoms with Crippen molar-refractivity contribution in [1.82, 2.24) is 24.9 Å². The van der Waals surface area contributed by atoms with Gasteiger partial charge in [0.2, 0.25) is 0 Å². The van der Waals surface area contributed by atoms with Crippen molar-refractivity contribution >= 4 is 35.6 Å². The maximum Gasteiger partial charge on any atom is 0.191 e. The van der Waals surface area contributed by atoms with Gasteiger partial charge in [0.25, 0.3) is 0 Å². The van der Waals surface area contributed by atoms with E-state index in [1.165, 1.54) is 37.9 Å². The number of imidazole rings is 1. The van der Waals surface area contributed by atoms with Gasteiger partial charge in [-0.25, -0.2) is 4.98 Å². The molecular formula is C20H33IN6. The minimum atomic E-state index is 0. The number of pyridine rings is 1. The van der Waals surface area contributed by atoms with Crippen LogP contribution in [0.4, 0.5) is 0 Å². The maximum absolute atomic E-state index is 4.73. The molecule has 2 N–H and O–H groups in total. The Hall–Kier alpha value is -1.35. The largest absolute Gasteiger partial charge is 0.357 e. The van der Waals surface area contributed by atoms with E-state index in [2.05, 4.69) is 58.3 Å². The predicted molar refractivity (Wildman–Crippen MR) is 123 cm³/mol. The first-order valence-corrected chi connectivity index (χ1v) is 9.94. The lowest BCUT2D eigenvalue weighted by Crippen LogP contribution is -2.39. The monoisotopic (exact) mass is 484 g/mol. The van der Waals surface area contributed by atoms with Gasteiger partial charge in [0.15, 0.2) is 5.96 Å². The molecule has 6 nitrogen and oxygen atoms in total. The highest BCUT2D eigenvalue weighted by molar-refractivity contribution is 14.0. The maximum atomic E-state index is 4.73. The van der Waals surface area contributed by atoms with E-state index < -0.39 is 0 Å². The molecule has 3 rings (SSSR count). The van der Waals surface area contributed by atoms with Gasteiger partial charge in [0.05, 0.1) is 12.2 Å². The molecule has 0 atom stereocenters. The van der Waals surface area contributed by atoms with Gasteiger partial charge in [-0.1, -0.05) is 12.5 Å². The summed E-state index contributed by atoms with van der Waals surface area (Å²) in [6, 6.07) is 4.16. The number of rotatable bonds is 7. The van der Waals surface area contributed by atoms with Crippen LogP contribution in [0.25, 0.3) is 5.65 Å². The number of piperidine rings is 1. The highest BCUT2D eigenvalue weighted by Crippen LogP contribution is 2.10. The Morgan fingerprint density at radius 2 is 2.04 bits per heavy atom. The van der Waals surface area contributed by atoms with E-state index >= 15 is 0 Å². The molecule has 150 valence electrons. The van der Waals surface area contributed by atoms with E-state index in [1.807, 2.05) is 0 Å². The number of fused-ring (bicyclic) bond motifs is 1. The number of halogens is 1. The number of guanidine groups is 1. The summed E-state index contributed by atoms with van der Waals surface area (Å²) in [5.41, 5.74) is 3.36. The van der Waals surface area contributed by atoms with Crippen LogP contribution in [0, 0.1) is 6.92 Å². The number of nitrogens with zero attached hydrogens (tertiary/aromatic N) is 4. The molecule has 0 aliphatic carbocycles. The van der Waals surface area contributed by atoms with Crippen LogP contribution in [0.2, 0.25) is 0 Å². The van der Waals surface area contributed by atoms with Crippen LogP contribution >= 0.6 is 24.0 Å². The summed E-state index contributed by atoms with van der Waals surface area (Å²) < 4.78 is 2.10. The van der Waals surface area contributed by atoms with E-state index in [0.29, 0.717) is 0 Å². The molecule has 1 aliphatic heterocycles. The van der Waals surface area contributed by atoms with Crippen LogP contribution in [0.15, 0.2) is 29.5 Å². The number of nitrogens with one attached hydrogen (secondary N) is 2. The van der Waals surface area contributed by atoms with Crippen molar-refractivity contribution in [2.45, 2.75) is 39.5 Å². The minimum Gasteiger partial charge on any atom is -0.357 e. The van der Waals surface area contributed by atoms with Gasteiger partial charge in [-0.05, 0) is 51.4 Å². The SMILES string of the molecule is CCNC(=NCCN1CCCCC1)NCCc1cn2cccc(C)c2n1.I. The van der Waals surface area contributed by atoms with E-state index in [9.17, 15) is 0 Å². The third-order valence-electron chi connectivity index (χ3n) is 4.88. The van der Waals surface area contributed by atoms with Gasteiger partial charge in [-0.15, -0.1) is 24.0 Å². The van der Waals surface area contributed by atoms with Gasteiger partial charge < -0.3 is 19.9 Å². The lowest BCUT2D eigenvalue weighted by atomic mass is 10.1. The molecular weight excluding hydrogens is 451 g/mol. The van der Waals surface area contributed by atoms with Gasteiger partial charge in [-0.3, -0.25) is 4.99 Å². The van der Waals surface area contributed by atoms with Crippen LogP contribution in [0.1, 0.15) is 37.4 Å². The highest BCUT2D eigenvalue weighted by atomic mass is 127. The van der Waals surface area contributed by atoms with Crippen molar-refractivity contribution in [2.75, 3.05) is 39.3 Å². The van der Waals surface area contributed by atoms with Crippen LogP contribution in [-0.4, -0.2) is 59.5 Å². The van der Waals surface area contributed by atoms with Gasteiger partial charge in [0.1, 0.15) is 5.65 Å². The van der Waals surface area contributed by atoms with Crippen molar-refractivity contribution in [3.05, 3.63) is 35.8 Å². The molecule has 0 saturated carbocycles. The first-order chi connectivity index (χ1) is 12.8. The summed E-state index contributed by atoms with van der Waals surface area (Å²) in [7, 11) is 0. The summed E-state index contributed by atoms with van der Waals surface area (Å²) in [6.07, 6.45) is 9.11. The Balaban J connectivity index is 0.00000261. The van der Waals surface area contributed by atoms with E-state index in [1.54, 1.807) is 0 Å². The molecule has 2 aromatic heterocycles. The smallest absolute Gasteiger partial charge is 0.191 e. The summed E-state index contributed by atoms with van der Waals surface area (Å²) in [5.74, 6) is 0.907. The average molecular weight is 484 g/mol. The first-order valence-electron chi connectivity index (χ1n) is 9.94. The number of hydrogen-bond donors (Lipinski definition) is 2. The molecule has 0 bridgehead atoms. The van der Waals surface area contributed by atoms with Gasteiger partial charge in [0, 0.05) is 38.4 Å². The second kappa shape index (κ2) is 11.5. The lowest BCUT2D eigenvalue weighted by molar-refractivity contribution is 0.235. The standard InChI is InChI=1S/C20H32N6.HI/c1-3-21-20(23-11-15-25-12-5-4-6-13-25)22-10-9-18-16-26-14-7-8-17(2)19(26)24-18;/h7-8,14,16H,3-6,9-13,15H2,1-2H3,(H2,21,22,23);1H. The molecule has 0 amide bonds. The third kappa shape index (κ3) is 6.64. The molecule has 27 heavy (non-hydrogen) atoms. The van der Waals surface area contributed by atoms with Gasteiger partial charge >= 0.3 is 0 Å². The first kappa shape index (κ1) is 21.9. The quantitative estimate of drug-likeness (QED) is 0.361. The van der Waals surface area contributed by atoms with Crippen molar-refractivity contribution in [3.63, 3.8) is 0 Å². The molecule has 0 spiro atoms. The summed E-state index contributed by atoms with van der Waals surface area (Å²) in [4.78, 5) is 12.0. The van der Waals surface area contributed by atoms with E-state index in [0.717, 1.165) is 49.9 Å². The molecule has 0 unspecified atom stereocenters. The van der Waals surface area contributed by atoms with Crippen LogP contribution in [-0.2, 0) is 6.42 Å². The summed E-state index contributed by atoms with van der Waals surface area (Å²) >= 11 is 0. The highest BCUT2D eigenvalue weighted by Gasteiger charge is 2.09. The van der Waals surface area contributed by atoms with Crippen molar-refractivity contribution in [2.24, 2.45) is 4.99 Å². The molecule has 3 heterocycles. The summed E-state index contributed by atoms with van der Waals surface area (Å²) in [5, 5.41) is 6.77. The topological polar surface area (TPSA) is 57.0 Å². The molecule has 7 heteroatoms. The van der Waals surface area contributed by atoms with Crippen molar-refractivity contribution < 1.29 is 0 Å². The molecule has 1 aliphatic rings. The molecule has 1 fully saturated rings. The number of likely N-dealkylation sites (tertiary alicyclic amines) is 1. The van der Waals surface area contributed by atoms with Crippen LogP contribution in [0.3, 0.4) is 0 Å². The Morgan fingerprint density at radius 1 is 1.22 bits per heavy atom. The van der Waals surface area contributed by atoms with E-state index in [-0.39, 0.29) is 24.0 Å². The van der Waals surface area contributed by atoms with Crippen molar-refractivity contribution in [1.29, 1.82) is 0 Å². The zero-order valence-corrected chi connectivity index (χ0v) is 18.9. The molecule has 0 radical (unpaired) electrons. The van der Waals surface area contributed by atoms with Gasteiger partial charge in [-0.2, -0.15) is 0 Å². The Labute approximate surface area is 179 Å². The fourth-order valence-corrected chi connectivity index (χ4v) is 3.46. The minimum absolute atomic E-state index is 0. The fourth-order valence-electron chi connectivity index (χ4n) is 3.46.